The molecule has 0 saturated carbocycles. The predicted molar refractivity (Wildman–Crippen MR) is 80.8 cm³/mol. The number of aliphatic hydroxyl groups is 1. The average Bonchev–Trinajstić information content (AvgIpc) is 2.78. The predicted octanol–water partition coefficient (Wildman–Crippen LogP) is 0.199. The van der Waals surface area contributed by atoms with Gasteiger partial charge in [0.1, 0.15) is 0 Å². The van der Waals surface area contributed by atoms with Gasteiger partial charge in [-0.3, -0.25) is 4.79 Å². The lowest BCUT2D eigenvalue weighted by Crippen LogP contribution is -2.43. The topological polar surface area (TPSA) is 101 Å². The number of nitrogen functional groups attached to an aromatic ring is 1. The van der Waals surface area contributed by atoms with Crippen LogP contribution in [0.1, 0.15) is 22.3 Å². The van der Waals surface area contributed by atoms with Crippen LogP contribution < -0.4 is 5.73 Å². The van der Waals surface area contributed by atoms with E-state index >= 15 is 0 Å². The third-order valence-electron chi connectivity index (χ3n) is 3.69. The second kappa shape index (κ2) is 6.03. The number of hydrogen-bond acceptors (Lipinski definition) is 5. The number of carbonyl (C=O) groups is 1. The number of rotatable bonds is 4. The van der Waals surface area contributed by atoms with Gasteiger partial charge in [-0.05, 0) is 25.5 Å². The maximum Gasteiger partial charge on any atom is 0.256 e. The minimum absolute atomic E-state index is 0.0511. The standard InChI is InChI=1S/C14H20N2O4S/c1-10-2-3-13(15)12(8-10)14(18)16(5-6-17)11-4-7-21(19,20)9-11/h2-3,8,11,17H,4-7,9,15H2,1H3. The lowest BCUT2D eigenvalue weighted by atomic mass is 10.1. The van der Waals surface area contributed by atoms with Crippen LogP contribution >= 0.6 is 0 Å². The zero-order chi connectivity index (χ0) is 15.6. The van der Waals surface area contributed by atoms with Crippen molar-refractivity contribution in [3.8, 4) is 0 Å². The van der Waals surface area contributed by atoms with Crippen molar-refractivity contribution in [1.29, 1.82) is 0 Å². The summed E-state index contributed by atoms with van der Waals surface area (Å²) in [5.41, 5.74) is 7.46. The van der Waals surface area contributed by atoms with Crippen LogP contribution in [0.15, 0.2) is 18.2 Å². The number of anilines is 1. The fraction of sp³-hybridized carbons (Fsp3) is 0.500. The Morgan fingerprint density at radius 2 is 2.19 bits per heavy atom. The normalized spacial score (nSPS) is 20.4. The van der Waals surface area contributed by atoms with E-state index in [1.807, 2.05) is 13.0 Å². The van der Waals surface area contributed by atoms with Crippen LogP contribution in [-0.2, 0) is 9.84 Å². The van der Waals surface area contributed by atoms with Gasteiger partial charge in [-0.15, -0.1) is 0 Å². The van der Waals surface area contributed by atoms with Crippen LogP contribution in [-0.4, -0.2) is 55.0 Å². The summed E-state index contributed by atoms with van der Waals surface area (Å²) in [6, 6.07) is 4.76. The molecule has 0 spiro atoms. The van der Waals surface area contributed by atoms with Gasteiger partial charge in [-0.1, -0.05) is 11.6 Å². The Kier molecular flexibility index (Phi) is 4.53. The molecule has 1 aliphatic heterocycles. The van der Waals surface area contributed by atoms with Crippen LogP contribution in [0.5, 0.6) is 0 Å². The highest BCUT2D eigenvalue weighted by atomic mass is 32.2. The molecule has 0 bridgehead atoms. The largest absolute Gasteiger partial charge is 0.398 e. The van der Waals surface area contributed by atoms with Gasteiger partial charge in [0.15, 0.2) is 9.84 Å². The third-order valence-corrected chi connectivity index (χ3v) is 5.44. The van der Waals surface area contributed by atoms with Crippen LogP contribution in [0.25, 0.3) is 0 Å². The number of aryl methyl sites for hydroxylation is 1. The lowest BCUT2D eigenvalue weighted by Gasteiger charge is -2.28. The summed E-state index contributed by atoms with van der Waals surface area (Å²) in [7, 11) is -3.10. The van der Waals surface area contributed by atoms with E-state index in [2.05, 4.69) is 0 Å². The van der Waals surface area contributed by atoms with Crippen molar-refractivity contribution in [2.75, 3.05) is 30.4 Å². The molecule has 21 heavy (non-hydrogen) atoms. The SMILES string of the molecule is Cc1ccc(N)c(C(=O)N(CCO)C2CCS(=O)(=O)C2)c1. The number of hydrogen-bond donors (Lipinski definition) is 2. The quantitative estimate of drug-likeness (QED) is 0.773. The first-order valence-electron chi connectivity index (χ1n) is 6.82. The molecule has 1 fully saturated rings. The molecule has 0 aromatic heterocycles. The number of amides is 1. The first-order valence-corrected chi connectivity index (χ1v) is 8.64. The number of sulfone groups is 1. The molecule has 0 aliphatic carbocycles. The fourth-order valence-corrected chi connectivity index (χ4v) is 4.32. The maximum absolute atomic E-state index is 12.6. The Morgan fingerprint density at radius 3 is 2.76 bits per heavy atom. The number of nitrogens with zero attached hydrogens (tertiary/aromatic N) is 1. The van der Waals surface area contributed by atoms with E-state index in [4.69, 9.17) is 5.73 Å². The van der Waals surface area contributed by atoms with Crippen LogP contribution in [0.2, 0.25) is 0 Å². The van der Waals surface area contributed by atoms with Gasteiger partial charge in [-0.2, -0.15) is 0 Å². The van der Waals surface area contributed by atoms with E-state index in [9.17, 15) is 18.3 Å². The van der Waals surface area contributed by atoms with Gasteiger partial charge in [0.05, 0.1) is 23.7 Å². The fourth-order valence-electron chi connectivity index (χ4n) is 2.59. The Bertz CT molecular complexity index is 642. The number of carbonyl (C=O) groups excluding carboxylic acids is 1. The van der Waals surface area contributed by atoms with Gasteiger partial charge in [-0.25, -0.2) is 8.42 Å². The summed E-state index contributed by atoms with van der Waals surface area (Å²) in [6.45, 7) is 1.74. The molecule has 1 amide bonds. The van der Waals surface area contributed by atoms with Gasteiger partial charge in [0.25, 0.3) is 5.91 Å². The molecule has 2 rings (SSSR count). The van der Waals surface area contributed by atoms with Crippen molar-refractivity contribution in [3.05, 3.63) is 29.3 Å². The van der Waals surface area contributed by atoms with Crippen LogP contribution in [0.4, 0.5) is 5.69 Å². The van der Waals surface area contributed by atoms with Gasteiger partial charge in [0, 0.05) is 18.3 Å². The summed E-state index contributed by atoms with van der Waals surface area (Å²) in [5, 5.41) is 9.17. The van der Waals surface area contributed by atoms with Crippen molar-refractivity contribution in [2.45, 2.75) is 19.4 Å². The van der Waals surface area contributed by atoms with Crippen LogP contribution in [0.3, 0.4) is 0 Å². The molecule has 1 aromatic rings. The molecule has 1 aromatic carbocycles. The second-order valence-electron chi connectivity index (χ2n) is 5.37. The van der Waals surface area contributed by atoms with Crippen LogP contribution in [0, 0.1) is 6.92 Å². The first kappa shape index (κ1) is 15.8. The van der Waals surface area contributed by atoms with E-state index in [0.29, 0.717) is 17.7 Å². The number of aliphatic hydroxyl groups excluding tert-OH is 1. The van der Waals surface area contributed by atoms with Crippen molar-refractivity contribution < 1.29 is 18.3 Å². The minimum Gasteiger partial charge on any atom is -0.398 e. The molecule has 1 heterocycles. The second-order valence-corrected chi connectivity index (χ2v) is 7.60. The molecule has 7 heteroatoms. The molecule has 116 valence electrons. The maximum atomic E-state index is 12.6. The van der Waals surface area contributed by atoms with E-state index in [-0.39, 0.29) is 30.6 Å². The molecular formula is C14H20N2O4S. The van der Waals surface area contributed by atoms with E-state index in [0.717, 1.165) is 5.56 Å². The molecule has 6 nitrogen and oxygen atoms in total. The summed E-state index contributed by atoms with van der Waals surface area (Å²) >= 11 is 0. The summed E-state index contributed by atoms with van der Waals surface area (Å²) in [5.74, 6) is -0.298. The van der Waals surface area contributed by atoms with Gasteiger partial charge < -0.3 is 15.7 Å². The Labute approximate surface area is 124 Å². The highest BCUT2D eigenvalue weighted by molar-refractivity contribution is 7.91. The molecule has 0 radical (unpaired) electrons. The van der Waals surface area contributed by atoms with Crippen molar-refractivity contribution >= 4 is 21.4 Å². The monoisotopic (exact) mass is 312 g/mol. The third kappa shape index (κ3) is 3.54. The van der Waals surface area contributed by atoms with E-state index in [1.165, 1.54) is 4.90 Å². The zero-order valence-corrected chi connectivity index (χ0v) is 12.8. The molecule has 1 saturated heterocycles. The highest BCUT2D eigenvalue weighted by Gasteiger charge is 2.35. The van der Waals surface area contributed by atoms with Gasteiger partial charge >= 0.3 is 0 Å². The van der Waals surface area contributed by atoms with E-state index in [1.54, 1.807) is 12.1 Å². The number of benzene rings is 1. The number of nitrogens with two attached hydrogens (primary N) is 1. The average molecular weight is 312 g/mol. The summed E-state index contributed by atoms with van der Waals surface area (Å²) < 4.78 is 23.2. The van der Waals surface area contributed by atoms with Crippen molar-refractivity contribution in [3.63, 3.8) is 0 Å². The van der Waals surface area contributed by atoms with Crippen molar-refractivity contribution in [2.24, 2.45) is 0 Å². The Balaban J connectivity index is 2.30. The smallest absolute Gasteiger partial charge is 0.256 e. The molecule has 3 N–H and O–H groups in total. The molecule has 1 atom stereocenters. The molecule has 1 aliphatic rings. The minimum atomic E-state index is -3.10. The molecule has 1 unspecified atom stereocenters. The van der Waals surface area contributed by atoms with Gasteiger partial charge in [0.2, 0.25) is 0 Å². The summed E-state index contributed by atoms with van der Waals surface area (Å²) in [4.78, 5) is 14.1. The Morgan fingerprint density at radius 1 is 1.48 bits per heavy atom. The Hall–Kier alpha value is -1.60. The first-order chi connectivity index (χ1) is 9.84. The zero-order valence-electron chi connectivity index (χ0n) is 11.9. The highest BCUT2D eigenvalue weighted by Crippen LogP contribution is 2.22. The van der Waals surface area contributed by atoms with Crippen molar-refractivity contribution in [1.82, 2.24) is 4.90 Å². The molecular weight excluding hydrogens is 292 g/mol. The van der Waals surface area contributed by atoms with E-state index < -0.39 is 15.9 Å². The lowest BCUT2D eigenvalue weighted by molar-refractivity contribution is 0.0656. The summed E-state index contributed by atoms with van der Waals surface area (Å²) in [6.07, 6.45) is 0.403.